The van der Waals surface area contributed by atoms with E-state index in [1.54, 1.807) is 23.5 Å². The van der Waals surface area contributed by atoms with Crippen molar-refractivity contribution in [3.8, 4) is 0 Å². The van der Waals surface area contributed by atoms with Crippen molar-refractivity contribution in [1.82, 2.24) is 9.88 Å². The van der Waals surface area contributed by atoms with E-state index in [1.165, 1.54) is 17.1 Å². The van der Waals surface area contributed by atoms with Crippen LogP contribution in [0.15, 0.2) is 29.6 Å². The number of carboxylic acids is 1. The molecule has 1 atom stereocenters. The standard InChI is InChI=1S/C19H24N2O2S/c1-13(2)17-12-24-18(20-17)15-7-5-9-21(11-15)10-14-6-3-4-8-16(14)19(22)23/h3-4,6,8,12-13,15H,5,7,9-11H2,1-2H3,(H,22,23). The van der Waals surface area contributed by atoms with Crippen molar-refractivity contribution in [2.75, 3.05) is 13.1 Å². The summed E-state index contributed by atoms with van der Waals surface area (Å²) in [4.78, 5) is 18.6. The minimum Gasteiger partial charge on any atom is -0.478 e. The summed E-state index contributed by atoms with van der Waals surface area (Å²) in [5.41, 5.74) is 2.49. The molecule has 1 N–H and O–H groups in total. The summed E-state index contributed by atoms with van der Waals surface area (Å²) in [7, 11) is 0. The van der Waals surface area contributed by atoms with Crippen LogP contribution in [-0.4, -0.2) is 34.0 Å². The van der Waals surface area contributed by atoms with Gasteiger partial charge in [-0.3, -0.25) is 4.90 Å². The van der Waals surface area contributed by atoms with Crippen LogP contribution in [0.5, 0.6) is 0 Å². The number of carboxylic acid groups (broad SMARTS) is 1. The van der Waals surface area contributed by atoms with Crippen molar-refractivity contribution in [2.45, 2.75) is 45.1 Å². The van der Waals surface area contributed by atoms with E-state index in [4.69, 9.17) is 4.98 Å². The smallest absolute Gasteiger partial charge is 0.336 e. The Morgan fingerprint density at radius 2 is 2.21 bits per heavy atom. The monoisotopic (exact) mass is 344 g/mol. The lowest BCUT2D eigenvalue weighted by atomic mass is 9.97. The molecule has 0 aliphatic carbocycles. The predicted molar refractivity (Wildman–Crippen MR) is 96.9 cm³/mol. The highest BCUT2D eigenvalue weighted by atomic mass is 32.1. The largest absolute Gasteiger partial charge is 0.478 e. The van der Waals surface area contributed by atoms with Crippen LogP contribution in [0.2, 0.25) is 0 Å². The van der Waals surface area contributed by atoms with Gasteiger partial charge in [0.1, 0.15) is 0 Å². The molecule has 1 aromatic carbocycles. The quantitative estimate of drug-likeness (QED) is 0.876. The van der Waals surface area contributed by atoms with E-state index in [1.807, 2.05) is 12.1 Å². The molecule has 24 heavy (non-hydrogen) atoms. The van der Waals surface area contributed by atoms with E-state index in [0.29, 0.717) is 23.9 Å². The average molecular weight is 344 g/mol. The second-order valence-electron chi connectivity index (χ2n) is 6.80. The Kier molecular flexibility index (Phi) is 5.31. The first-order valence-corrected chi connectivity index (χ1v) is 9.41. The fourth-order valence-electron chi connectivity index (χ4n) is 3.26. The minimum absolute atomic E-state index is 0.413. The fraction of sp³-hybridized carbons (Fsp3) is 0.474. The normalized spacial score (nSPS) is 18.9. The molecule has 0 saturated carbocycles. The Labute approximate surface area is 147 Å². The van der Waals surface area contributed by atoms with E-state index in [-0.39, 0.29) is 0 Å². The summed E-state index contributed by atoms with van der Waals surface area (Å²) in [6.45, 7) is 7.02. The molecule has 1 aliphatic heterocycles. The number of benzene rings is 1. The maximum atomic E-state index is 11.4. The molecule has 0 spiro atoms. The van der Waals surface area contributed by atoms with Gasteiger partial charge in [0.15, 0.2) is 0 Å². The second kappa shape index (κ2) is 7.45. The maximum Gasteiger partial charge on any atom is 0.336 e. The van der Waals surface area contributed by atoms with Gasteiger partial charge in [0.05, 0.1) is 16.3 Å². The van der Waals surface area contributed by atoms with Crippen molar-refractivity contribution < 1.29 is 9.90 Å². The summed E-state index contributed by atoms with van der Waals surface area (Å²) in [5, 5.41) is 12.8. The van der Waals surface area contributed by atoms with Crippen LogP contribution >= 0.6 is 11.3 Å². The SMILES string of the molecule is CC(C)c1csc(C2CCCN(Cc3ccccc3C(=O)O)C2)n1. The molecule has 1 unspecified atom stereocenters. The van der Waals surface area contributed by atoms with Crippen molar-refractivity contribution in [3.05, 3.63) is 51.5 Å². The molecule has 1 aromatic heterocycles. The van der Waals surface area contributed by atoms with Crippen LogP contribution in [0.4, 0.5) is 0 Å². The van der Waals surface area contributed by atoms with Gasteiger partial charge in [0.2, 0.25) is 0 Å². The van der Waals surface area contributed by atoms with Crippen LogP contribution in [0.25, 0.3) is 0 Å². The fourth-order valence-corrected chi connectivity index (χ4v) is 4.37. The number of carbonyl (C=O) groups is 1. The molecule has 0 radical (unpaired) electrons. The van der Waals surface area contributed by atoms with E-state index in [9.17, 15) is 9.90 Å². The van der Waals surface area contributed by atoms with Crippen LogP contribution in [0, 0.1) is 0 Å². The third kappa shape index (κ3) is 3.84. The Balaban J connectivity index is 1.71. The number of hydrogen-bond donors (Lipinski definition) is 1. The van der Waals surface area contributed by atoms with Gasteiger partial charge in [-0.05, 0) is 36.9 Å². The zero-order valence-electron chi connectivity index (χ0n) is 14.2. The summed E-state index contributed by atoms with van der Waals surface area (Å²) in [5.74, 6) is 0.0889. The molecule has 0 amide bonds. The Morgan fingerprint density at radius 1 is 1.42 bits per heavy atom. The molecule has 5 heteroatoms. The lowest BCUT2D eigenvalue weighted by molar-refractivity contribution is 0.0694. The molecule has 1 saturated heterocycles. The predicted octanol–water partition coefficient (Wildman–Crippen LogP) is 4.34. The van der Waals surface area contributed by atoms with Gasteiger partial charge >= 0.3 is 5.97 Å². The van der Waals surface area contributed by atoms with Crippen molar-refractivity contribution in [2.24, 2.45) is 0 Å². The number of nitrogens with zero attached hydrogens (tertiary/aromatic N) is 2. The van der Waals surface area contributed by atoms with E-state index >= 15 is 0 Å². The first-order chi connectivity index (χ1) is 11.5. The maximum absolute atomic E-state index is 11.4. The van der Waals surface area contributed by atoms with E-state index in [2.05, 4.69) is 24.1 Å². The van der Waals surface area contributed by atoms with Crippen LogP contribution in [0.1, 0.15) is 65.1 Å². The number of rotatable bonds is 5. The molecule has 2 heterocycles. The molecule has 0 bridgehead atoms. The third-order valence-corrected chi connectivity index (χ3v) is 5.65. The summed E-state index contributed by atoms with van der Waals surface area (Å²) in [6.07, 6.45) is 2.30. The van der Waals surface area contributed by atoms with Gasteiger partial charge in [-0.1, -0.05) is 32.0 Å². The Bertz CT molecular complexity index is 711. The number of aromatic carboxylic acids is 1. The lowest BCUT2D eigenvalue weighted by Crippen LogP contribution is -2.34. The average Bonchev–Trinajstić information content (AvgIpc) is 3.06. The highest BCUT2D eigenvalue weighted by molar-refractivity contribution is 7.09. The van der Waals surface area contributed by atoms with Crippen LogP contribution < -0.4 is 0 Å². The molecule has 4 nitrogen and oxygen atoms in total. The van der Waals surface area contributed by atoms with Crippen molar-refractivity contribution in [3.63, 3.8) is 0 Å². The number of aromatic nitrogens is 1. The van der Waals surface area contributed by atoms with Gasteiger partial charge in [-0.25, -0.2) is 9.78 Å². The number of piperidine rings is 1. The Hall–Kier alpha value is -1.72. The lowest BCUT2D eigenvalue weighted by Gasteiger charge is -2.32. The highest BCUT2D eigenvalue weighted by Gasteiger charge is 2.25. The molecular weight excluding hydrogens is 320 g/mol. The van der Waals surface area contributed by atoms with Gasteiger partial charge in [0.25, 0.3) is 0 Å². The van der Waals surface area contributed by atoms with Gasteiger partial charge in [0, 0.05) is 24.4 Å². The molecule has 1 aliphatic rings. The van der Waals surface area contributed by atoms with E-state index in [0.717, 1.165) is 25.1 Å². The first kappa shape index (κ1) is 17.1. The first-order valence-electron chi connectivity index (χ1n) is 8.53. The van der Waals surface area contributed by atoms with E-state index < -0.39 is 5.97 Å². The molecule has 2 aromatic rings. The van der Waals surface area contributed by atoms with Gasteiger partial charge in [-0.2, -0.15) is 0 Å². The Morgan fingerprint density at radius 3 is 2.92 bits per heavy atom. The molecular formula is C19H24N2O2S. The van der Waals surface area contributed by atoms with Crippen LogP contribution in [0.3, 0.4) is 0 Å². The zero-order chi connectivity index (χ0) is 17.1. The van der Waals surface area contributed by atoms with Crippen molar-refractivity contribution in [1.29, 1.82) is 0 Å². The topological polar surface area (TPSA) is 53.4 Å². The minimum atomic E-state index is -0.847. The molecule has 1 fully saturated rings. The van der Waals surface area contributed by atoms with Crippen LogP contribution in [-0.2, 0) is 6.54 Å². The molecule has 128 valence electrons. The zero-order valence-corrected chi connectivity index (χ0v) is 15.1. The number of hydrogen-bond acceptors (Lipinski definition) is 4. The number of thiazole rings is 1. The second-order valence-corrected chi connectivity index (χ2v) is 7.69. The molecule has 3 rings (SSSR count). The number of likely N-dealkylation sites (tertiary alicyclic amines) is 1. The van der Waals surface area contributed by atoms with Crippen molar-refractivity contribution >= 4 is 17.3 Å². The highest BCUT2D eigenvalue weighted by Crippen LogP contribution is 2.31. The summed E-state index contributed by atoms with van der Waals surface area (Å²) < 4.78 is 0. The van der Waals surface area contributed by atoms with Gasteiger partial charge in [-0.15, -0.1) is 11.3 Å². The summed E-state index contributed by atoms with van der Waals surface area (Å²) in [6, 6.07) is 7.32. The summed E-state index contributed by atoms with van der Waals surface area (Å²) >= 11 is 1.77. The van der Waals surface area contributed by atoms with Gasteiger partial charge < -0.3 is 5.11 Å². The third-order valence-electron chi connectivity index (χ3n) is 4.63.